The smallest absolute Gasteiger partial charge is 0.337 e. The number of hydrogen-bond acceptors (Lipinski definition) is 6. The molecule has 4 rings (SSSR count). The fourth-order valence-corrected chi connectivity index (χ4v) is 4.13. The number of aromatic nitrogens is 3. The van der Waals surface area contributed by atoms with Crippen molar-refractivity contribution in [1.29, 1.82) is 0 Å². The summed E-state index contributed by atoms with van der Waals surface area (Å²) in [6, 6.07) is 7.75. The SMILES string of the molecule is COC(=O)c1cccc(C2CN(Cc3c(C)nc4sc(C)nn34)C2)c1. The van der Waals surface area contributed by atoms with Gasteiger partial charge < -0.3 is 4.74 Å². The Hall–Kier alpha value is -2.25. The first-order valence-electron chi connectivity index (χ1n) is 8.27. The summed E-state index contributed by atoms with van der Waals surface area (Å²) in [5.41, 5.74) is 4.03. The van der Waals surface area contributed by atoms with Crippen LogP contribution < -0.4 is 0 Å². The van der Waals surface area contributed by atoms with Crippen LogP contribution in [0.2, 0.25) is 0 Å². The first-order valence-corrected chi connectivity index (χ1v) is 9.09. The second-order valence-corrected chi connectivity index (χ2v) is 7.63. The predicted octanol–water partition coefficient (Wildman–Crippen LogP) is 2.79. The van der Waals surface area contributed by atoms with Gasteiger partial charge in [-0.3, -0.25) is 4.90 Å². The Bertz CT molecular complexity index is 940. The molecule has 1 saturated heterocycles. The molecule has 6 nitrogen and oxygen atoms in total. The third-order valence-corrected chi connectivity index (χ3v) is 5.53. The number of methoxy groups -OCH3 is 1. The maximum atomic E-state index is 11.7. The number of benzene rings is 1. The van der Waals surface area contributed by atoms with E-state index in [9.17, 15) is 4.79 Å². The van der Waals surface area contributed by atoms with Crippen LogP contribution in [0, 0.1) is 13.8 Å². The number of hydrogen-bond donors (Lipinski definition) is 0. The summed E-state index contributed by atoms with van der Waals surface area (Å²) < 4.78 is 6.78. The Morgan fingerprint density at radius 3 is 2.92 bits per heavy atom. The van der Waals surface area contributed by atoms with E-state index in [4.69, 9.17) is 4.74 Å². The summed E-state index contributed by atoms with van der Waals surface area (Å²) in [4.78, 5) is 19.6. The van der Waals surface area contributed by atoms with Crippen molar-refractivity contribution in [2.45, 2.75) is 26.3 Å². The van der Waals surface area contributed by atoms with E-state index < -0.39 is 0 Å². The maximum Gasteiger partial charge on any atom is 0.337 e. The van der Waals surface area contributed by atoms with Gasteiger partial charge in [-0.2, -0.15) is 5.10 Å². The number of ether oxygens (including phenoxy) is 1. The van der Waals surface area contributed by atoms with Crippen LogP contribution in [-0.4, -0.2) is 45.7 Å². The summed E-state index contributed by atoms with van der Waals surface area (Å²) in [7, 11) is 1.41. The van der Waals surface area contributed by atoms with E-state index in [1.54, 1.807) is 17.4 Å². The van der Waals surface area contributed by atoms with E-state index in [1.165, 1.54) is 18.4 Å². The van der Waals surface area contributed by atoms with Crippen molar-refractivity contribution in [2.75, 3.05) is 20.2 Å². The van der Waals surface area contributed by atoms with E-state index in [1.807, 2.05) is 30.5 Å². The third kappa shape index (κ3) is 2.94. The van der Waals surface area contributed by atoms with Gasteiger partial charge in [0.05, 0.1) is 24.1 Å². The van der Waals surface area contributed by atoms with Crippen LogP contribution in [-0.2, 0) is 11.3 Å². The molecule has 1 fully saturated rings. The lowest BCUT2D eigenvalue weighted by Gasteiger charge is -2.39. The molecule has 1 aliphatic heterocycles. The first-order chi connectivity index (χ1) is 12.0. The molecule has 0 amide bonds. The first kappa shape index (κ1) is 16.2. The lowest BCUT2D eigenvalue weighted by atomic mass is 9.90. The number of carbonyl (C=O) groups excluding carboxylic acids is 1. The van der Waals surface area contributed by atoms with Gasteiger partial charge in [-0.1, -0.05) is 23.5 Å². The molecule has 7 heteroatoms. The number of nitrogens with zero attached hydrogens (tertiary/aromatic N) is 4. The lowest BCUT2D eigenvalue weighted by molar-refractivity contribution is 0.0600. The van der Waals surface area contributed by atoms with Gasteiger partial charge in [0.2, 0.25) is 4.96 Å². The lowest BCUT2D eigenvalue weighted by Crippen LogP contribution is -2.44. The molecule has 130 valence electrons. The van der Waals surface area contributed by atoms with Crippen molar-refractivity contribution in [3.8, 4) is 0 Å². The molecule has 25 heavy (non-hydrogen) atoms. The van der Waals surface area contributed by atoms with Crippen molar-refractivity contribution in [2.24, 2.45) is 0 Å². The number of fused-ring (bicyclic) bond motifs is 1. The quantitative estimate of drug-likeness (QED) is 0.673. The second kappa shape index (κ2) is 6.24. The van der Waals surface area contributed by atoms with E-state index in [0.717, 1.165) is 35.3 Å². The third-order valence-electron chi connectivity index (χ3n) is 4.71. The average Bonchev–Trinajstić information content (AvgIpc) is 3.05. The van der Waals surface area contributed by atoms with Crippen LogP contribution in [0.5, 0.6) is 0 Å². The molecular formula is C18H20N4O2S. The van der Waals surface area contributed by atoms with Crippen LogP contribution in [0.1, 0.15) is 38.2 Å². The van der Waals surface area contributed by atoms with Crippen molar-refractivity contribution in [1.82, 2.24) is 19.5 Å². The highest BCUT2D eigenvalue weighted by Crippen LogP contribution is 2.30. The monoisotopic (exact) mass is 356 g/mol. The molecule has 0 unspecified atom stereocenters. The van der Waals surface area contributed by atoms with Gasteiger partial charge in [-0.15, -0.1) is 0 Å². The second-order valence-electron chi connectivity index (χ2n) is 6.47. The molecule has 3 heterocycles. The Morgan fingerprint density at radius 2 is 2.16 bits per heavy atom. The van der Waals surface area contributed by atoms with Crippen LogP contribution in [0.4, 0.5) is 0 Å². The van der Waals surface area contributed by atoms with Gasteiger partial charge in [0.1, 0.15) is 5.01 Å². The van der Waals surface area contributed by atoms with Gasteiger partial charge in [-0.25, -0.2) is 14.3 Å². The predicted molar refractivity (Wildman–Crippen MR) is 96.1 cm³/mol. The van der Waals surface area contributed by atoms with Crippen molar-refractivity contribution < 1.29 is 9.53 Å². The number of rotatable bonds is 4. The van der Waals surface area contributed by atoms with Crippen molar-refractivity contribution >= 4 is 22.3 Å². The Kier molecular flexibility index (Phi) is 4.05. The summed E-state index contributed by atoms with van der Waals surface area (Å²) in [5, 5.41) is 5.59. The highest BCUT2D eigenvalue weighted by molar-refractivity contribution is 7.16. The highest BCUT2D eigenvalue weighted by atomic mass is 32.1. The number of carbonyl (C=O) groups is 1. The summed E-state index contributed by atoms with van der Waals surface area (Å²) in [5.74, 6) is 0.166. The van der Waals surface area contributed by atoms with E-state index in [0.29, 0.717) is 11.5 Å². The largest absolute Gasteiger partial charge is 0.465 e. The van der Waals surface area contributed by atoms with Gasteiger partial charge >= 0.3 is 5.97 Å². The average molecular weight is 356 g/mol. The van der Waals surface area contributed by atoms with Gasteiger partial charge in [0.15, 0.2) is 0 Å². The Balaban J connectivity index is 1.45. The zero-order chi connectivity index (χ0) is 17.6. The molecule has 1 aromatic carbocycles. The van der Waals surface area contributed by atoms with E-state index in [-0.39, 0.29) is 5.97 Å². The number of esters is 1. The molecule has 3 aromatic rings. The fraction of sp³-hybridized carbons (Fsp3) is 0.389. The number of likely N-dealkylation sites (tertiary alicyclic amines) is 1. The molecule has 0 spiro atoms. The minimum absolute atomic E-state index is 0.283. The molecule has 0 radical (unpaired) electrons. The topological polar surface area (TPSA) is 59.7 Å². The minimum Gasteiger partial charge on any atom is -0.465 e. The molecular weight excluding hydrogens is 336 g/mol. The summed E-state index contributed by atoms with van der Waals surface area (Å²) in [6.07, 6.45) is 0. The fourth-order valence-electron chi connectivity index (χ4n) is 3.33. The van der Waals surface area contributed by atoms with E-state index in [2.05, 4.69) is 21.0 Å². The van der Waals surface area contributed by atoms with Crippen molar-refractivity contribution in [3.05, 3.63) is 51.8 Å². The highest BCUT2D eigenvalue weighted by Gasteiger charge is 2.30. The molecule has 2 aromatic heterocycles. The molecule has 0 aliphatic carbocycles. The minimum atomic E-state index is -0.283. The summed E-state index contributed by atoms with van der Waals surface area (Å²) >= 11 is 1.62. The molecule has 0 atom stereocenters. The Morgan fingerprint density at radius 1 is 1.36 bits per heavy atom. The molecule has 0 bridgehead atoms. The van der Waals surface area contributed by atoms with E-state index >= 15 is 0 Å². The van der Waals surface area contributed by atoms with Crippen LogP contribution in [0.3, 0.4) is 0 Å². The molecule has 0 saturated carbocycles. The van der Waals surface area contributed by atoms with Crippen molar-refractivity contribution in [3.63, 3.8) is 0 Å². The van der Waals surface area contributed by atoms with Gasteiger partial charge in [0, 0.05) is 25.6 Å². The number of aryl methyl sites for hydroxylation is 2. The molecule has 1 aliphatic rings. The normalized spacial score (nSPS) is 15.5. The van der Waals surface area contributed by atoms with Crippen LogP contribution in [0.25, 0.3) is 4.96 Å². The maximum absolute atomic E-state index is 11.7. The van der Waals surface area contributed by atoms with Gasteiger partial charge in [0.25, 0.3) is 0 Å². The Labute approximate surface area is 150 Å². The summed E-state index contributed by atoms with van der Waals surface area (Å²) in [6.45, 7) is 6.85. The van der Waals surface area contributed by atoms with Crippen LogP contribution in [0.15, 0.2) is 24.3 Å². The molecule has 0 N–H and O–H groups in total. The van der Waals surface area contributed by atoms with Gasteiger partial charge in [-0.05, 0) is 31.5 Å². The zero-order valence-corrected chi connectivity index (χ0v) is 15.3. The van der Waals surface area contributed by atoms with Crippen LogP contribution >= 0.6 is 11.3 Å². The number of imidazole rings is 1. The zero-order valence-electron chi connectivity index (χ0n) is 14.5. The standard InChI is InChI=1S/C18H20N4O2S/c1-11-16(22-18(19-11)25-12(2)20-22)10-21-8-15(9-21)13-5-4-6-14(7-13)17(23)24-3/h4-7,15H,8-10H2,1-3H3.